The van der Waals surface area contributed by atoms with E-state index in [1.54, 1.807) is 30.3 Å². The van der Waals surface area contributed by atoms with E-state index in [9.17, 15) is 13.2 Å². The van der Waals surface area contributed by atoms with Crippen LogP contribution in [0, 0.1) is 6.92 Å². The Balaban J connectivity index is 1.74. The lowest BCUT2D eigenvalue weighted by Gasteiger charge is -2.27. The van der Waals surface area contributed by atoms with Gasteiger partial charge in [-0.15, -0.1) is 0 Å². The average molecular weight is 460 g/mol. The van der Waals surface area contributed by atoms with Gasteiger partial charge in [0.2, 0.25) is 5.91 Å². The molecule has 0 radical (unpaired) electrons. The second-order valence-electron chi connectivity index (χ2n) is 8.11. The molecule has 174 valence electrons. The van der Waals surface area contributed by atoms with Crippen LogP contribution in [0.1, 0.15) is 31.2 Å². The maximum absolute atomic E-state index is 13.5. The second-order valence-corrected chi connectivity index (χ2v) is 9.97. The molecule has 8 heteroatoms. The predicted molar refractivity (Wildman–Crippen MR) is 127 cm³/mol. The third-order valence-electron chi connectivity index (χ3n) is 5.64. The van der Waals surface area contributed by atoms with E-state index < -0.39 is 10.0 Å². The molecular formula is C24H33N3O4S. The van der Waals surface area contributed by atoms with Crippen molar-refractivity contribution in [2.75, 3.05) is 44.1 Å². The summed E-state index contributed by atoms with van der Waals surface area (Å²) in [6.07, 6.45) is 4.60. The first-order valence-corrected chi connectivity index (χ1v) is 12.6. The fourth-order valence-corrected chi connectivity index (χ4v) is 5.36. The average Bonchev–Trinajstić information content (AvgIpc) is 2.81. The molecule has 2 aromatic carbocycles. The minimum Gasteiger partial charge on any atom is -0.495 e. The molecule has 2 aromatic rings. The maximum Gasteiger partial charge on any atom is 0.264 e. The standard InChI is InChI=1S/C24H33N3O4S/c1-20-12-13-23(31-2)22(18-20)27(32(29,30)21-10-5-3-6-11-21)19-24(28)25-14-9-17-26-15-7-4-8-16-26/h3,5-6,10-13,18H,4,7-9,14-17,19H2,1-2H3,(H,25,28). The molecule has 0 aliphatic carbocycles. The number of aryl methyl sites for hydroxylation is 1. The molecule has 0 aromatic heterocycles. The molecule has 1 amide bonds. The van der Waals surface area contributed by atoms with E-state index in [-0.39, 0.29) is 17.3 Å². The van der Waals surface area contributed by atoms with Crippen LogP contribution in [0.4, 0.5) is 5.69 Å². The van der Waals surface area contributed by atoms with Crippen LogP contribution >= 0.6 is 0 Å². The summed E-state index contributed by atoms with van der Waals surface area (Å²) in [6, 6.07) is 13.4. The molecule has 0 atom stereocenters. The van der Waals surface area contributed by atoms with Gasteiger partial charge in [0.25, 0.3) is 10.0 Å². The van der Waals surface area contributed by atoms with Crippen molar-refractivity contribution in [2.24, 2.45) is 0 Å². The monoisotopic (exact) mass is 459 g/mol. The molecule has 7 nitrogen and oxygen atoms in total. The molecule has 1 N–H and O–H groups in total. The number of hydrogen-bond donors (Lipinski definition) is 1. The van der Waals surface area contributed by atoms with E-state index in [2.05, 4.69) is 10.2 Å². The number of methoxy groups -OCH3 is 1. The summed E-state index contributed by atoms with van der Waals surface area (Å²) in [4.78, 5) is 15.3. The van der Waals surface area contributed by atoms with Gasteiger partial charge in [0.05, 0.1) is 17.7 Å². The summed E-state index contributed by atoms with van der Waals surface area (Å²) >= 11 is 0. The van der Waals surface area contributed by atoms with Crippen LogP contribution in [0.2, 0.25) is 0 Å². The zero-order chi connectivity index (χ0) is 23.0. The van der Waals surface area contributed by atoms with Gasteiger partial charge in [0.15, 0.2) is 0 Å². The van der Waals surface area contributed by atoms with Gasteiger partial charge in [0.1, 0.15) is 12.3 Å². The van der Waals surface area contributed by atoms with E-state index in [1.165, 1.54) is 38.5 Å². The highest BCUT2D eigenvalue weighted by Gasteiger charge is 2.29. The minimum absolute atomic E-state index is 0.126. The lowest BCUT2D eigenvalue weighted by atomic mass is 10.1. The Hall–Kier alpha value is -2.58. The number of sulfonamides is 1. The highest BCUT2D eigenvalue weighted by Crippen LogP contribution is 2.33. The number of amides is 1. The fraction of sp³-hybridized carbons (Fsp3) is 0.458. The number of carbonyl (C=O) groups is 1. The normalized spacial score (nSPS) is 14.7. The van der Waals surface area contributed by atoms with Gasteiger partial charge >= 0.3 is 0 Å². The van der Waals surface area contributed by atoms with Crippen molar-refractivity contribution >= 4 is 21.6 Å². The lowest BCUT2D eigenvalue weighted by molar-refractivity contribution is -0.119. The number of ether oxygens (including phenoxy) is 1. The Labute approximate surface area is 191 Å². The Morgan fingerprint density at radius 1 is 1.09 bits per heavy atom. The summed E-state index contributed by atoms with van der Waals surface area (Å²) in [7, 11) is -2.47. The van der Waals surface area contributed by atoms with E-state index in [4.69, 9.17) is 4.74 Å². The topological polar surface area (TPSA) is 79.0 Å². The largest absolute Gasteiger partial charge is 0.495 e. The van der Waals surface area contributed by atoms with Crippen molar-refractivity contribution < 1.29 is 17.9 Å². The maximum atomic E-state index is 13.5. The lowest BCUT2D eigenvalue weighted by Crippen LogP contribution is -2.42. The number of benzene rings is 2. The SMILES string of the molecule is COc1ccc(C)cc1N(CC(=O)NCCCN1CCCCC1)S(=O)(=O)c1ccccc1. The third-order valence-corrected chi connectivity index (χ3v) is 7.42. The molecule has 3 rings (SSSR count). The van der Waals surface area contributed by atoms with Crippen molar-refractivity contribution in [1.29, 1.82) is 0 Å². The molecule has 32 heavy (non-hydrogen) atoms. The zero-order valence-electron chi connectivity index (χ0n) is 18.9. The van der Waals surface area contributed by atoms with Gasteiger partial charge in [-0.2, -0.15) is 0 Å². The van der Waals surface area contributed by atoms with Crippen molar-refractivity contribution in [3.8, 4) is 5.75 Å². The number of carbonyl (C=O) groups excluding carboxylic acids is 1. The van der Waals surface area contributed by atoms with Gasteiger partial charge in [-0.05, 0) is 75.6 Å². The number of likely N-dealkylation sites (tertiary alicyclic amines) is 1. The highest BCUT2D eigenvalue weighted by atomic mass is 32.2. The number of rotatable bonds is 10. The quantitative estimate of drug-likeness (QED) is 0.552. The summed E-state index contributed by atoms with van der Waals surface area (Å²) in [5, 5.41) is 2.89. The Kier molecular flexibility index (Phi) is 8.53. The molecular weight excluding hydrogens is 426 g/mol. The summed E-state index contributed by atoms with van der Waals surface area (Å²) in [5.74, 6) is 0.0553. The van der Waals surface area contributed by atoms with Gasteiger partial charge in [-0.25, -0.2) is 8.42 Å². The summed E-state index contributed by atoms with van der Waals surface area (Å²) < 4.78 is 33.5. The highest BCUT2D eigenvalue weighted by molar-refractivity contribution is 7.92. The Bertz CT molecular complexity index is 990. The van der Waals surface area contributed by atoms with E-state index in [0.29, 0.717) is 18.0 Å². The third kappa shape index (κ3) is 6.23. The van der Waals surface area contributed by atoms with Gasteiger partial charge in [-0.1, -0.05) is 30.7 Å². The van der Waals surface area contributed by atoms with E-state index in [0.717, 1.165) is 35.9 Å². The molecule has 0 saturated carbocycles. The molecule has 0 bridgehead atoms. The van der Waals surface area contributed by atoms with Gasteiger partial charge < -0.3 is 15.0 Å². The first-order valence-electron chi connectivity index (χ1n) is 11.1. The minimum atomic E-state index is -3.96. The smallest absolute Gasteiger partial charge is 0.264 e. The first kappa shape index (κ1) is 24.1. The second kappa shape index (κ2) is 11.3. The molecule has 1 heterocycles. The molecule has 0 unspecified atom stereocenters. The number of anilines is 1. The van der Waals surface area contributed by atoms with Crippen LogP contribution in [0.15, 0.2) is 53.4 Å². The number of piperidine rings is 1. The molecule has 1 saturated heterocycles. The number of nitrogens with zero attached hydrogens (tertiary/aromatic N) is 2. The van der Waals surface area contributed by atoms with Crippen molar-refractivity contribution in [2.45, 2.75) is 37.5 Å². The molecule has 0 spiro atoms. The van der Waals surface area contributed by atoms with Crippen LogP contribution in [0.25, 0.3) is 0 Å². The van der Waals surface area contributed by atoms with Gasteiger partial charge in [-0.3, -0.25) is 9.10 Å². The predicted octanol–water partition coefficient (Wildman–Crippen LogP) is 3.19. The van der Waals surface area contributed by atoms with Crippen LogP contribution in [0.5, 0.6) is 5.75 Å². The first-order chi connectivity index (χ1) is 15.4. The Morgan fingerprint density at radius 2 is 1.81 bits per heavy atom. The van der Waals surface area contributed by atoms with Crippen LogP contribution in [0.3, 0.4) is 0 Å². The van der Waals surface area contributed by atoms with Crippen LogP contribution < -0.4 is 14.4 Å². The van der Waals surface area contributed by atoms with E-state index in [1.807, 2.05) is 13.0 Å². The van der Waals surface area contributed by atoms with Crippen molar-refractivity contribution in [3.63, 3.8) is 0 Å². The number of nitrogens with one attached hydrogen (secondary N) is 1. The zero-order valence-corrected chi connectivity index (χ0v) is 19.7. The van der Waals surface area contributed by atoms with Crippen molar-refractivity contribution in [3.05, 3.63) is 54.1 Å². The number of hydrogen-bond acceptors (Lipinski definition) is 5. The summed E-state index contributed by atoms with van der Waals surface area (Å²) in [6.45, 7) is 5.24. The van der Waals surface area contributed by atoms with Crippen LogP contribution in [-0.2, 0) is 14.8 Å². The van der Waals surface area contributed by atoms with Gasteiger partial charge in [0, 0.05) is 6.54 Å². The van der Waals surface area contributed by atoms with Crippen LogP contribution in [-0.4, -0.2) is 59.1 Å². The Morgan fingerprint density at radius 3 is 2.50 bits per heavy atom. The molecule has 1 aliphatic heterocycles. The summed E-state index contributed by atoms with van der Waals surface area (Å²) in [5.41, 5.74) is 1.22. The van der Waals surface area contributed by atoms with Crippen molar-refractivity contribution in [1.82, 2.24) is 10.2 Å². The fourth-order valence-electron chi connectivity index (χ4n) is 3.91. The molecule has 1 fully saturated rings. The molecule has 1 aliphatic rings. The van der Waals surface area contributed by atoms with E-state index >= 15 is 0 Å².